The molecule has 1 aromatic rings. The van der Waals surface area contributed by atoms with Gasteiger partial charge in [-0.05, 0) is 36.5 Å². The van der Waals surface area contributed by atoms with E-state index in [4.69, 9.17) is 0 Å². The molecule has 2 rings (SSSR count). The second kappa shape index (κ2) is 6.44. The van der Waals surface area contributed by atoms with Crippen molar-refractivity contribution < 1.29 is 5.11 Å². The van der Waals surface area contributed by atoms with Gasteiger partial charge in [0, 0.05) is 0 Å². The van der Waals surface area contributed by atoms with Gasteiger partial charge in [0.05, 0.1) is 0 Å². The fourth-order valence-electron chi connectivity index (χ4n) is 2.33. The Kier molecular flexibility index (Phi) is 4.61. The predicted octanol–water partition coefficient (Wildman–Crippen LogP) is 4.01. The molecule has 1 aromatic carbocycles. The maximum Gasteiger partial charge on any atom is 0.104 e. The average Bonchev–Trinajstić information content (AvgIpc) is 2.41. The number of aliphatic hydroxyl groups excluding tert-OH is 1. The van der Waals surface area contributed by atoms with Crippen molar-refractivity contribution in [3.8, 4) is 0 Å². The monoisotopic (exact) mass is 228 g/mol. The summed E-state index contributed by atoms with van der Waals surface area (Å²) in [5.41, 5.74) is 4.08. The summed E-state index contributed by atoms with van der Waals surface area (Å²) in [6.45, 7) is 0. The third-order valence-corrected chi connectivity index (χ3v) is 3.38. The minimum Gasteiger partial charge on any atom is -0.384 e. The molecule has 90 valence electrons. The van der Waals surface area contributed by atoms with Gasteiger partial charge in [0.1, 0.15) is 6.10 Å². The highest BCUT2D eigenvalue weighted by Gasteiger charge is 2.09. The molecule has 0 spiro atoms. The van der Waals surface area contributed by atoms with E-state index in [0.717, 1.165) is 5.56 Å². The number of hydrogen-bond donors (Lipinski definition) is 1. The van der Waals surface area contributed by atoms with Gasteiger partial charge >= 0.3 is 0 Å². The van der Waals surface area contributed by atoms with Crippen LogP contribution >= 0.6 is 0 Å². The predicted molar refractivity (Wildman–Crippen MR) is 70.6 cm³/mol. The minimum absolute atomic E-state index is 0.531. The van der Waals surface area contributed by atoms with Crippen molar-refractivity contribution in [3.63, 3.8) is 0 Å². The van der Waals surface area contributed by atoms with Gasteiger partial charge in [-0.3, -0.25) is 0 Å². The van der Waals surface area contributed by atoms with E-state index in [1.165, 1.54) is 32.1 Å². The zero-order valence-electron chi connectivity index (χ0n) is 10.2. The van der Waals surface area contributed by atoms with E-state index in [9.17, 15) is 5.11 Å². The minimum atomic E-state index is -0.531. The van der Waals surface area contributed by atoms with E-state index >= 15 is 0 Å². The zero-order chi connectivity index (χ0) is 11.9. The van der Waals surface area contributed by atoms with Crippen LogP contribution in [-0.2, 0) is 0 Å². The maximum absolute atomic E-state index is 9.91. The van der Waals surface area contributed by atoms with Crippen LogP contribution in [0.2, 0.25) is 0 Å². The number of rotatable bonds is 3. The van der Waals surface area contributed by atoms with E-state index in [2.05, 4.69) is 11.8 Å². The van der Waals surface area contributed by atoms with E-state index in [-0.39, 0.29) is 0 Å². The topological polar surface area (TPSA) is 20.2 Å². The van der Waals surface area contributed by atoms with Crippen molar-refractivity contribution in [3.05, 3.63) is 53.8 Å². The fraction of sp³-hybridized carbons (Fsp3) is 0.438. The van der Waals surface area contributed by atoms with Gasteiger partial charge in [-0.2, -0.15) is 0 Å². The van der Waals surface area contributed by atoms with Gasteiger partial charge in [-0.15, -0.1) is 5.73 Å². The molecule has 1 aliphatic carbocycles. The van der Waals surface area contributed by atoms with Crippen molar-refractivity contribution >= 4 is 0 Å². The SMILES string of the molecule is O[C@H](C=C=CC1CCCCC1)c1ccccc1. The van der Waals surface area contributed by atoms with Crippen molar-refractivity contribution in [2.45, 2.75) is 38.2 Å². The van der Waals surface area contributed by atoms with Crippen LogP contribution in [0.1, 0.15) is 43.8 Å². The molecule has 0 radical (unpaired) electrons. The van der Waals surface area contributed by atoms with Gasteiger partial charge in [0.25, 0.3) is 0 Å². The molecule has 1 atom stereocenters. The molecule has 1 fully saturated rings. The second-order valence-corrected chi connectivity index (χ2v) is 4.75. The molecular weight excluding hydrogens is 208 g/mol. The first-order valence-electron chi connectivity index (χ1n) is 6.52. The molecule has 0 heterocycles. The van der Waals surface area contributed by atoms with Crippen molar-refractivity contribution in [1.82, 2.24) is 0 Å². The van der Waals surface area contributed by atoms with Gasteiger partial charge in [-0.1, -0.05) is 49.6 Å². The standard InChI is InChI=1S/C16H20O/c17-16(15-11-5-2-6-12-15)13-7-10-14-8-3-1-4-9-14/h2,5-6,10-14,16-17H,1,3-4,8-9H2/t7?,16-/m1/s1. The summed E-state index contributed by atoms with van der Waals surface area (Å²) >= 11 is 0. The molecule has 1 N–H and O–H groups in total. The van der Waals surface area contributed by atoms with E-state index in [1.54, 1.807) is 6.08 Å². The molecule has 0 aliphatic heterocycles. The lowest BCUT2D eigenvalue weighted by molar-refractivity contribution is 0.229. The Bertz CT molecular complexity index is 381. The first-order valence-corrected chi connectivity index (χ1v) is 6.52. The molecule has 0 aromatic heterocycles. The molecule has 1 nitrogen and oxygen atoms in total. The summed E-state index contributed by atoms with van der Waals surface area (Å²) < 4.78 is 0. The van der Waals surface area contributed by atoms with Gasteiger partial charge in [-0.25, -0.2) is 0 Å². The number of hydrogen-bond acceptors (Lipinski definition) is 1. The zero-order valence-corrected chi connectivity index (χ0v) is 10.2. The molecule has 17 heavy (non-hydrogen) atoms. The Balaban J connectivity index is 1.93. The highest BCUT2D eigenvalue weighted by Crippen LogP contribution is 2.24. The van der Waals surface area contributed by atoms with Crippen molar-refractivity contribution in [1.29, 1.82) is 0 Å². The van der Waals surface area contributed by atoms with Gasteiger partial charge < -0.3 is 5.11 Å². The summed E-state index contributed by atoms with van der Waals surface area (Å²) in [7, 11) is 0. The third kappa shape index (κ3) is 3.89. The summed E-state index contributed by atoms with van der Waals surface area (Å²) in [5, 5.41) is 9.91. The maximum atomic E-state index is 9.91. The van der Waals surface area contributed by atoms with Gasteiger partial charge in [0.2, 0.25) is 0 Å². The first kappa shape index (κ1) is 12.2. The summed E-state index contributed by atoms with van der Waals surface area (Å²) in [5.74, 6) is 0.669. The molecular formula is C16H20O. The Morgan fingerprint density at radius 1 is 1.12 bits per heavy atom. The number of aliphatic hydroxyl groups is 1. The molecule has 0 amide bonds. The van der Waals surface area contributed by atoms with Crippen LogP contribution in [0.25, 0.3) is 0 Å². The van der Waals surface area contributed by atoms with E-state index in [1.807, 2.05) is 30.3 Å². The first-order chi connectivity index (χ1) is 8.36. The van der Waals surface area contributed by atoms with Crippen LogP contribution in [0.4, 0.5) is 0 Å². The second-order valence-electron chi connectivity index (χ2n) is 4.75. The van der Waals surface area contributed by atoms with Crippen LogP contribution in [0.3, 0.4) is 0 Å². The summed E-state index contributed by atoms with van der Waals surface area (Å²) in [6.07, 6.45) is 9.96. The quantitative estimate of drug-likeness (QED) is 0.775. The Morgan fingerprint density at radius 3 is 2.53 bits per heavy atom. The Hall–Kier alpha value is -1.30. The Labute approximate surface area is 103 Å². The van der Waals surface area contributed by atoms with Crippen LogP contribution in [0.15, 0.2) is 48.2 Å². The molecule has 0 bridgehead atoms. The molecule has 1 heteroatoms. The van der Waals surface area contributed by atoms with Gasteiger partial charge in [0.15, 0.2) is 0 Å². The summed E-state index contributed by atoms with van der Waals surface area (Å²) in [4.78, 5) is 0. The molecule has 1 aliphatic rings. The number of benzene rings is 1. The largest absolute Gasteiger partial charge is 0.384 e. The highest BCUT2D eigenvalue weighted by atomic mass is 16.3. The lowest BCUT2D eigenvalue weighted by atomic mass is 9.89. The molecule has 0 unspecified atom stereocenters. The van der Waals surface area contributed by atoms with E-state index < -0.39 is 6.10 Å². The normalized spacial score (nSPS) is 18.2. The van der Waals surface area contributed by atoms with Crippen molar-refractivity contribution in [2.75, 3.05) is 0 Å². The summed E-state index contributed by atoms with van der Waals surface area (Å²) in [6, 6.07) is 9.71. The molecule has 1 saturated carbocycles. The smallest absolute Gasteiger partial charge is 0.104 e. The van der Waals surface area contributed by atoms with E-state index in [0.29, 0.717) is 5.92 Å². The highest BCUT2D eigenvalue weighted by molar-refractivity contribution is 5.20. The average molecular weight is 228 g/mol. The van der Waals surface area contributed by atoms with Crippen LogP contribution in [0.5, 0.6) is 0 Å². The van der Waals surface area contributed by atoms with Crippen LogP contribution < -0.4 is 0 Å². The lowest BCUT2D eigenvalue weighted by Gasteiger charge is -2.16. The fourth-order valence-corrected chi connectivity index (χ4v) is 2.33. The van der Waals surface area contributed by atoms with Crippen LogP contribution in [-0.4, -0.2) is 5.11 Å². The molecule has 0 saturated heterocycles. The van der Waals surface area contributed by atoms with Crippen LogP contribution in [0, 0.1) is 5.92 Å². The lowest BCUT2D eigenvalue weighted by Crippen LogP contribution is -2.01. The Morgan fingerprint density at radius 2 is 1.82 bits per heavy atom. The third-order valence-electron chi connectivity index (χ3n) is 3.38. The van der Waals surface area contributed by atoms with Crippen molar-refractivity contribution in [2.24, 2.45) is 5.92 Å².